The van der Waals surface area contributed by atoms with Crippen molar-refractivity contribution < 1.29 is 26.7 Å². The first-order valence-electron chi connectivity index (χ1n) is 12.3. The van der Waals surface area contributed by atoms with Crippen LogP contribution in [0.3, 0.4) is 0 Å². The molecule has 202 valence electrons. The summed E-state index contributed by atoms with van der Waals surface area (Å²) in [5.41, 5.74) is -0.760. The van der Waals surface area contributed by atoms with Gasteiger partial charge in [0.15, 0.2) is 23.1 Å². The van der Waals surface area contributed by atoms with E-state index in [2.05, 4.69) is 15.2 Å². The number of piperidine rings is 1. The van der Waals surface area contributed by atoms with Gasteiger partial charge in [-0.25, -0.2) is 13.8 Å². The Morgan fingerprint density at radius 3 is 2.50 bits per heavy atom. The van der Waals surface area contributed by atoms with E-state index >= 15 is 0 Å². The van der Waals surface area contributed by atoms with E-state index in [1.165, 1.54) is 4.90 Å². The molecule has 2 saturated heterocycles. The van der Waals surface area contributed by atoms with E-state index in [0.717, 1.165) is 17.3 Å². The fourth-order valence-corrected chi connectivity index (χ4v) is 5.64. The molecule has 0 atom stereocenters. The number of halogens is 6. The van der Waals surface area contributed by atoms with Gasteiger partial charge in [-0.2, -0.15) is 13.2 Å². The highest BCUT2D eigenvalue weighted by Crippen LogP contribution is 2.36. The normalized spacial score (nSPS) is 20.0. The number of hydrogen-bond acceptors (Lipinski definition) is 6. The summed E-state index contributed by atoms with van der Waals surface area (Å²) in [6.45, 7) is 1.78. The first kappa shape index (κ1) is 25.4. The van der Waals surface area contributed by atoms with Crippen LogP contribution in [0.15, 0.2) is 30.3 Å². The number of benzene rings is 1. The lowest BCUT2D eigenvalue weighted by molar-refractivity contribution is -0.142. The molecule has 6 rings (SSSR count). The molecule has 38 heavy (non-hydrogen) atoms. The summed E-state index contributed by atoms with van der Waals surface area (Å²) in [4.78, 5) is 7.07. The average molecular weight is 555 g/mol. The summed E-state index contributed by atoms with van der Waals surface area (Å²) >= 11 is 6.30. The molecule has 13 heteroatoms. The van der Waals surface area contributed by atoms with Gasteiger partial charge in [0.05, 0.1) is 25.4 Å². The van der Waals surface area contributed by atoms with E-state index in [4.69, 9.17) is 16.3 Å². The minimum absolute atomic E-state index is 0.0593. The number of aromatic nitrogens is 4. The van der Waals surface area contributed by atoms with Crippen LogP contribution in [0.4, 0.5) is 27.8 Å². The second-order valence-corrected chi connectivity index (χ2v) is 10.6. The molecule has 7 nitrogen and oxygen atoms in total. The maximum atomic E-state index is 14.9. The van der Waals surface area contributed by atoms with Crippen LogP contribution in [0, 0.1) is 5.82 Å². The molecular weight excluding hydrogens is 531 g/mol. The largest absolute Gasteiger partial charge is 0.433 e. The SMILES string of the molecule is Fc1ccc(C(F)(F)F)nc1N1CCC(c2nnc3n2-c2ccc(Cl)cc2CN(CC2(F)COC2)C3)CC1. The number of nitrogens with zero attached hydrogens (tertiary/aromatic N) is 6. The average Bonchev–Trinajstić information content (AvgIpc) is 3.19. The summed E-state index contributed by atoms with van der Waals surface area (Å²) in [5, 5.41) is 9.49. The Morgan fingerprint density at radius 2 is 1.82 bits per heavy atom. The van der Waals surface area contributed by atoms with Crippen molar-refractivity contribution in [2.75, 3.05) is 37.7 Å². The zero-order chi connectivity index (χ0) is 26.7. The van der Waals surface area contributed by atoms with Crippen molar-refractivity contribution >= 4 is 17.4 Å². The third-order valence-corrected chi connectivity index (χ3v) is 7.54. The van der Waals surface area contributed by atoms with Gasteiger partial charge in [0.1, 0.15) is 11.5 Å². The van der Waals surface area contributed by atoms with E-state index in [0.29, 0.717) is 61.8 Å². The van der Waals surface area contributed by atoms with Crippen LogP contribution in [0.2, 0.25) is 5.02 Å². The molecule has 0 N–H and O–H groups in total. The lowest BCUT2D eigenvalue weighted by atomic mass is 9.95. The molecule has 2 aromatic heterocycles. The highest BCUT2D eigenvalue weighted by molar-refractivity contribution is 6.30. The van der Waals surface area contributed by atoms with Gasteiger partial charge in [-0.15, -0.1) is 10.2 Å². The molecule has 1 aromatic carbocycles. The topological polar surface area (TPSA) is 59.3 Å². The van der Waals surface area contributed by atoms with E-state index < -0.39 is 23.4 Å². The van der Waals surface area contributed by atoms with E-state index in [1.807, 2.05) is 21.6 Å². The van der Waals surface area contributed by atoms with Crippen molar-refractivity contribution in [3.63, 3.8) is 0 Å². The predicted molar refractivity (Wildman–Crippen MR) is 129 cm³/mol. The molecule has 0 aliphatic carbocycles. The molecule has 0 saturated carbocycles. The van der Waals surface area contributed by atoms with E-state index in [1.54, 1.807) is 6.07 Å². The molecule has 2 fully saturated rings. The van der Waals surface area contributed by atoms with Crippen molar-refractivity contribution in [1.29, 1.82) is 0 Å². The van der Waals surface area contributed by atoms with Crippen molar-refractivity contribution in [2.45, 2.75) is 43.7 Å². The maximum absolute atomic E-state index is 14.9. The minimum atomic E-state index is -4.66. The van der Waals surface area contributed by atoms with Gasteiger partial charge in [0, 0.05) is 37.1 Å². The molecule has 0 amide bonds. The van der Waals surface area contributed by atoms with Crippen molar-refractivity contribution in [3.05, 3.63) is 64.1 Å². The summed E-state index contributed by atoms with van der Waals surface area (Å²) in [6, 6.07) is 6.99. The molecule has 0 radical (unpaired) electrons. The third kappa shape index (κ3) is 4.73. The lowest BCUT2D eigenvalue weighted by Crippen LogP contribution is -2.53. The number of pyridine rings is 1. The molecule has 5 heterocycles. The number of hydrogen-bond donors (Lipinski definition) is 0. The zero-order valence-electron chi connectivity index (χ0n) is 20.2. The highest BCUT2D eigenvalue weighted by Gasteiger charge is 2.41. The quantitative estimate of drug-likeness (QED) is 0.427. The molecular formula is C25H24ClF5N6O. The molecule has 0 unspecified atom stereocenters. The first-order chi connectivity index (χ1) is 18.1. The number of anilines is 1. The van der Waals surface area contributed by atoms with Crippen LogP contribution < -0.4 is 4.90 Å². The Hall–Kier alpha value is -2.83. The standard InChI is InChI=1S/C25H24ClF5N6O/c26-17-1-3-19-16(9-17)10-35(12-24(28)13-38-14-24)11-21-33-34-22(37(19)21)15-5-7-36(8-6-15)23-18(27)2-4-20(32-23)25(29,30)31/h1-4,9,15H,5-8,10-14H2. The fraction of sp³-hybridized carbons (Fsp3) is 0.480. The molecule has 0 spiro atoms. The second-order valence-electron chi connectivity index (χ2n) is 10.1. The monoisotopic (exact) mass is 554 g/mol. The van der Waals surface area contributed by atoms with Crippen LogP contribution >= 0.6 is 11.6 Å². The Bertz CT molecular complexity index is 1350. The van der Waals surface area contributed by atoms with Gasteiger partial charge in [-0.05, 0) is 48.7 Å². The maximum Gasteiger partial charge on any atom is 0.433 e. The number of rotatable bonds is 4. The van der Waals surface area contributed by atoms with Crippen LogP contribution in [0.1, 0.15) is 41.7 Å². The molecule has 3 aliphatic heterocycles. The van der Waals surface area contributed by atoms with Gasteiger partial charge in [-0.3, -0.25) is 9.47 Å². The van der Waals surface area contributed by atoms with Crippen LogP contribution in [0.5, 0.6) is 0 Å². The van der Waals surface area contributed by atoms with Gasteiger partial charge >= 0.3 is 6.18 Å². The summed E-state index contributed by atoms with van der Waals surface area (Å²) in [5.74, 6) is 0.224. The highest BCUT2D eigenvalue weighted by atomic mass is 35.5. The van der Waals surface area contributed by atoms with E-state index in [9.17, 15) is 22.0 Å². The smallest absolute Gasteiger partial charge is 0.375 e. The van der Waals surface area contributed by atoms with Gasteiger partial charge < -0.3 is 9.64 Å². The Kier molecular flexibility index (Phi) is 6.31. The van der Waals surface area contributed by atoms with Crippen LogP contribution in [-0.4, -0.2) is 63.2 Å². The van der Waals surface area contributed by atoms with Crippen LogP contribution in [-0.2, 0) is 24.0 Å². The predicted octanol–water partition coefficient (Wildman–Crippen LogP) is 4.91. The number of alkyl halides is 4. The minimum Gasteiger partial charge on any atom is -0.375 e. The Balaban J connectivity index is 1.26. The zero-order valence-corrected chi connectivity index (χ0v) is 20.9. The summed E-state index contributed by atoms with van der Waals surface area (Å²) in [6.07, 6.45) is -3.61. The van der Waals surface area contributed by atoms with Gasteiger partial charge in [0.2, 0.25) is 0 Å². The van der Waals surface area contributed by atoms with E-state index in [-0.39, 0.29) is 31.5 Å². The summed E-state index contributed by atoms with van der Waals surface area (Å²) < 4.78 is 75.8. The molecule has 3 aromatic rings. The number of ether oxygens (including phenoxy) is 1. The van der Waals surface area contributed by atoms with Gasteiger partial charge in [0.25, 0.3) is 0 Å². The Labute approximate surface area is 220 Å². The van der Waals surface area contributed by atoms with Crippen molar-refractivity contribution in [2.24, 2.45) is 0 Å². The van der Waals surface area contributed by atoms with Crippen LogP contribution in [0.25, 0.3) is 5.69 Å². The van der Waals surface area contributed by atoms with Crippen molar-refractivity contribution in [3.8, 4) is 5.69 Å². The fourth-order valence-electron chi connectivity index (χ4n) is 5.44. The molecule has 0 bridgehead atoms. The molecule has 3 aliphatic rings. The van der Waals surface area contributed by atoms with Crippen molar-refractivity contribution in [1.82, 2.24) is 24.6 Å². The van der Waals surface area contributed by atoms with Gasteiger partial charge in [-0.1, -0.05) is 11.6 Å². The third-order valence-electron chi connectivity index (χ3n) is 7.30. The summed E-state index contributed by atoms with van der Waals surface area (Å²) in [7, 11) is 0. The lowest BCUT2D eigenvalue weighted by Gasteiger charge is -2.37. The first-order valence-corrected chi connectivity index (χ1v) is 12.7. The number of fused-ring (bicyclic) bond motifs is 3. The Morgan fingerprint density at radius 1 is 1.05 bits per heavy atom. The second kappa shape index (κ2) is 9.42.